The van der Waals surface area contributed by atoms with Crippen molar-refractivity contribution in [2.24, 2.45) is 5.92 Å². The topological polar surface area (TPSA) is 44.8 Å². The Kier molecular flexibility index (Phi) is 7.00. The second-order valence-electron chi connectivity index (χ2n) is 9.45. The summed E-state index contributed by atoms with van der Waals surface area (Å²) in [5.74, 6) is 0.624. The van der Waals surface area contributed by atoms with Crippen LogP contribution in [-0.4, -0.2) is 50.1 Å². The van der Waals surface area contributed by atoms with Crippen LogP contribution in [0.4, 0.5) is 10.1 Å². The number of para-hydroxylation sites is 1. The molecule has 5 nitrogen and oxygen atoms in total. The average Bonchev–Trinajstić information content (AvgIpc) is 2.89. The van der Waals surface area contributed by atoms with Crippen LogP contribution in [0.1, 0.15) is 16.7 Å². The summed E-state index contributed by atoms with van der Waals surface area (Å²) in [6.45, 7) is 3.96. The number of hydrogen-bond donors (Lipinski definition) is 1. The van der Waals surface area contributed by atoms with Crippen LogP contribution in [0, 0.1) is 11.7 Å². The average molecular weight is 474 g/mol. The SMILES string of the molecule is COc1ccc(CCNC(=O)[C@@H]2Cc3ccccc3N3CCN(Cc4ccc(F)cc4)C[C@H]23)cc1. The molecule has 1 saturated heterocycles. The number of anilines is 1. The Labute approximate surface area is 206 Å². The van der Waals surface area contributed by atoms with Crippen molar-refractivity contribution in [2.45, 2.75) is 25.4 Å². The van der Waals surface area contributed by atoms with Gasteiger partial charge in [0.15, 0.2) is 0 Å². The van der Waals surface area contributed by atoms with Crippen molar-refractivity contribution in [2.75, 3.05) is 38.2 Å². The lowest BCUT2D eigenvalue weighted by Crippen LogP contribution is -2.61. The van der Waals surface area contributed by atoms with Crippen molar-refractivity contribution in [3.63, 3.8) is 0 Å². The van der Waals surface area contributed by atoms with Gasteiger partial charge in [-0.15, -0.1) is 0 Å². The monoisotopic (exact) mass is 473 g/mol. The highest BCUT2D eigenvalue weighted by atomic mass is 19.1. The Morgan fingerprint density at radius 1 is 1.00 bits per heavy atom. The van der Waals surface area contributed by atoms with Crippen LogP contribution >= 0.6 is 0 Å². The van der Waals surface area contributed by atoms with Crippen molar-refractivity contribution in [3.8, 4) is 5.75 Å². The lowest BCUT2D eigenvalue weighted by molar-refractivity contribution is -0.126. The van der Waals surface area contributed by atoms with Gasteiger partial charge in [-0.3, -0.25) is 9.69 Å². The van der Waals surface area contributed by atoms with Gasteiger partial charge >= 0.3 is 0 Å². The van der Waals surface area contributed by atoms with Gasteiger partial charge in [-0.2, -0.15) is 0 Å². The number of nitrogens with one attached hydrogen (secondary N) is 1. The molecule has 0 unspecified atom stereocenters. The number of hydrogen-bond acceptors (Lipinski definition) is 4. The number of nitrogens with zero attached hydrogens (tertiary/aromatic N) is 2. The minimum absolute atomic E-state index is 0.111. The zero-order valence-electron chi connectivity index (χ0n) is 20.1. The third kappa shape index (κ3) is 5.33. The molecule has 6 heteroatoms. The van der Waals surface area contributed by atoms with Gasteiger partial charge in [0, 0.05) is 38.4 Å². The molecule has 0 aromatic heterocycles. The highest BCUT2D eigenvalue weighted by Crippen LogP contribution is 2.36. The molecule has 35 heavy (non-hydrogen) atoms. The highest BCUT2D eigenvalue weighted by Gasteiger charge is 2.41. The van der Waals surface area contributed by atoms with E-state index >= 15 is 0 Å². The van der Waals surface area contributed by atoms with Crippen LogP contribution in [0.25, 0.3) is 0 Å². The van der Waals surface area contributed by atoms with E-state index in [9.17, 15) is 9.18 Å². The fourth-order valence-corrected chi connectivity index (χ4v) is 5.36. The van der Waals surface area contributed by atoms with Gasteiger partial charge in [-0.1, -0.05) is 42.5 Å². The number of fused-ring (bicyclic) bond motifs is 3. The summed E-state index contributed by atoms with van der Waals surface area (Å²) in [6.07, 6.45) is 1.53. The molecule has 3 aromatic carbocycles. The van der Waals surface area contributed by atoms with Gasteiger partial charge in [-0.25, -0.2) is 4.39 Å². The third-order valence-corrected chi connectivity index (χ3v) is 7.24. The number of rotatable bonds is 7. The van der Waals surface area contributed by atoms with E-state index < -0.39 is 0 Å². The van der Waals surface area contributed by atoms with E-state index in [1.54, 1.807) is 7.11 Å². The Bertz CT molecular complexity index is 1150. The van der Waals surface area contributed by atoms with E-state index in [0.29, 0.717) is 6.54 Å². The van der Waals surface area contributed by atoms with Crippen molar-refractivity contribution < 1.29 is 13.9 Å². The number of halogens is 1. The second kappa shape index (κ2) is 10.5. The summed E-state index contributed by atoms with van der Waals surface area (Å²) in [4.78, 5) is 18.3. The maximum atomic E-state index is 13.4. The first-order valence-electron chi connectivity index (χ1n) is 12.3. The first-order valence-corrected chi connectivity index (χ1v) is 12.3. The van der Waals surface area contributed by atoms with Gasteiger partial charge in [0.05, 0.1) is 19.1 Å². The molecule has 2 aliphatic heterocycles. The molecule has 182 valence electrons. The fraction of sp³-hybridized carbons (Fsp3) is 0.345. The Balaban J connectivity index is 1.27. The minimum Gasteiger partial charge on any atom is -0.497 e. The molecule has 2 aliphatic rings. The fourth-order valence-electron chi connectivity index (χ4n) is 5.36. The third-order valence-electron chi connectivity index (χ3n) is 7.24. The predicted molar refractivity (Wildman–Crippen MR) is 136 cm³/mol. The molecule has 2 atom stereocenters. The molecular weight excluding hydrogens is 441 g/mol. The van der Waals surface area contributed by atoms with E-state index in [1.807, 2.05) is 36.4 Å². The number of carbonyl (C=O) groups is 1. The van der Waals surface area contributed by atoms with E-state index in [1.165, 1.54) is 28.9 Å². The zero-order valence-corrected chi connectivity index (χ0v) is 20.1. The van der Waals surface area contributed by atoms with Crippen molar-refractivity contribution in [3.05, 3.63) is 95.3 Å². The Morgan fingerprint density at radius 2 is 1.74 bits per heavy atom. The summed E-state index contributed by atoms with van der Waals surface area (Å²) in [5.41, 5.74) is 4.76. The molecule has 0 bridgehead atoms. The molecule has 1 fully saturated rings. The molecule has 0 radical (unpaired) electrons. The number of methoxy groups -OCH3 is 1. The molecule has 0 saturated carbocycles. The van der Waals surface area contributed by atoms with Crippen LogP contribution in [-0.2, 0) is 24.2 Å². The molecular formula is C29H32FN3O2. The minimum atomic E-state index is -0.214. The number of piperazine rings is 1. The first-order chi connectivity index (χ1) is 17.1. The number of benzene rings is 3. The smallest absolute Gasteiger partial charge is 0.225 e. The van der Waals surface area contributed by atoms with Gasteiger partial charge in [0.1, 0.15) is 11.6 Å². The summed E-state index contributed by atoms with van der Waals surface area (Å²) < 4.78 is 18.6. The molecule has 0 spiro atoms. The molecule has 3 aromatic rings. The van der Waals surface area contributed by atoms with E-state index in [0.717, 1.165) is 50.3 Å². The van der Waals surface area contributed by atoms with Crippen LogP contribution in [0.3, 0.4) is 0 Å². The second-order valence-corrected chi connectivity index (χ2v) is 9.45. The Hall–Kier alpha value is -3.38. The lowest BCUT2D eigenvalue weighted by atomic mass is 9.83. The standard InChI is InChI=1S/C29H32FN3O2/c1-35-25-12-8-21(9-13-25)14-15-31-29(34)26-18-23-4-2-3-5-27(23)33-17-16-32(20-28(26)33)19-22-6-10-24(30)11-7-22/h2-13,26,28H,14-20H2,1H3,(H,31,34)/t26-,28-/m1/s1. The van der Waals surface area contributed by atoms with Gasteiger partial charge < -0.3 is 15.0 Å². The lowest BCUT2D eigenvalue weighted by Gasteiger charge is -2.49. The molecule has 1 N–H and O–H groups in total. The van der Waals surface area contributed by atoms with Gasteiger partial charge in [-0.05, 0) is 59.9 Å². The largest absolute Gasteiger partial charge is 0.497 e. The summed E-state index contributed by atoms with van der Waals surface area (Å²) >= 11 is 0. The highest BCUT2D eigenvalue weighted by molar-refractivity contribution is 5.82. The van der Waals surface area contributed by atoms with Crippen molar-refractivity contribution >= 4 is 11.6 Å². The predicted octanol–water partition coefficient (Wildman–Crippen LogP) is 4.06. The molecule has 0 aliphatic carbocycles. The normalized spacial score (nSPS) is 19.5. The van der Waals surface area contributed by atoms with Crippen molar-refractivity contribution in [1.82, 2.24) is 10.2 Å². The van der Waals surface area contributed by atoms with E-state index in [2.05, 4.69) is 39.4 Å². The zero-order chi connectivity index (χ0) is 24.2. The van der Waals surface area contributed by atoms with Crippen LogP contribution in [0.5, 0.6) is 5.75 Å². The quantitative estimate of drug-likeness (QED) is 0.562. The van der Waals surface area contributed by atoms with E-state index in [-0.39, 0.29) is 23.7 Å². The van der Waals surface area contributed by atoms with Gasteiger partial charge in [0.25, 0.3) is 0 Å². The maximum absolute atomic E-state index is 13.4. The molecule has 2 heterocycles. The number of amides is 1. The van der Waals surface area contributed by atoms with Crippen LogP contribution in [0.2, 0.25) is 0 Å². The van der Waals surface area contributed by atoms with Crippen LogP contribution < -0.4 is 15.0 Å². The molecule has 1 amide bonds. The number of ether oxygens (including phenoxy) is 1. The molecule has 5 rings (SSSR count). The van der Waals surface area contributed by atoms with Crippen LogP contribution in [0.15, 0.2) is 72.8 Å². The van der Waals surface area contributed by atoms with Crippen molar-refractivity contribution in [1.29, 1.82) is 0 Å². The summed E-state index contributed by atoms with van der Waals surface area (Å²) in [7, 11) is 1.66. The van der Waals surface area contributed by atoms with Gasteiger partial charge in [0.2, 0.25) is 5.91 Å². The first kappa shape index (κ1) is 23.4. The maximum Gasteiger partial charge on any atom is 0.225 e. The summed E-state index contributed by atoms with van der Waals surface area (Å²) in [5, 5.41) is 3.21. The Morgan fingerprint density at radius 3 is 2.51 bits per heavy atom. The number of carbonyl (C=O) groups excluding carboxylic acids is 1. The summed E-state index contributed by atoms with van der Waals surface area (Å²) in [6, 6.07) is 23.3. The van der Waals surface area contributed by atoms with E-state index in [4.69, 9.17) is 4.74 Å².